The lowest BCUT2D eigenvalue weighted by Crippen LogP contribution is -2.30. The maximum atomic E-state index is 13.1. The van der Waals surface area contributed by atoms with Crippen molar-refractivity contribution in [3.8, 4) is 0 Å². The monoisotopic (exact) mass is 392 g/mol. The van der Waals surface area contributed by atoms with Gasteiger partial charge in [-0.15, -0.1) is 0 Å². The Morgan fingerprint density at radius 1 is 1.08 bits per heavy atom. The van der Waals surface area contributed by atoms with Gasteiger partial charge in [0, 0.05) is 24.2 Å². The van der Waals surface area contributed by atoms with Crippen molar-refractivity contribution in [3.63, 3.8) is 0 Å². The van der Waals surface area contributed by atoms with Gasteiger partial charge >= 0.3 is 0 Å². The summed E-state index contributed by atoms with van der Waals surface area (Å²) in [5, 5.41) is 4.26. The molecule has 0 aliphatic rings. The molecule has 2 N–H and O–H groups in total. The molecule has 1 heterocycles. The van der Waals surface area contributed by atoms with E-state index in [0.717, 1.165) is 5.56 Å². The average Bonchev–Trinajstić information content (AvgIpc) is 3.01. The summed E-state index contributed by atoms with van der Waals surface area (Å²) in [4.78, 5) is 4.24. The second kappa shape index (κ2) is 7.45. The van der Waals surface area contributed by atoms with Gasteiger partial charge in [-0.25, -0.2) is 8.42 Å². The van der Waals surface area contributed by atoms with Crippen molar-refractivity contribution in [2.24, 2.45) is 0 Å². The van der Waals surface area contributed by atoms with Gasteiger partial charge in [0.1, 0.15) is 0 Å². The lowest BCUT2D eigenvalue weighted by molar-refractivity contribution is 0.360. The zero-order valence-corrected chi connectivity index (χ0v) is 15.5. The Bertz CT molecular complexity index is 986. The number of nitrogens with zero attached hydrogens (tertiary/aromatic N) is 3. The summed E-state index contributed by atoms with van der Waals surface area (Å²) in [6.45, 7) is 1.76. The molecule has 3 rings (SSSR count). The SMILES string of the molecule is Cc1nc(CN(Cc2ccc(N)cc2)S(=O)(=O)c2ccc(Cl)cc2)no1. The molecule has 2 aromatic carbocycles. The van der Waals surface area contributed by atoms with E-state index in [2.05, 4.69) is 10.1 Å². The Morgan fingerprint density at radius 2 is 1.73 bits per heavy atom. The highest BCUT2D eigenvalue weighted by Gasteiger charge is 2.26. The zero-order valence-electron chi connectivity index (χ0n) is 14.0. The molecule has 0 saturated carbocycles. The van der Waals surface area contributed by atoms with Crippen molar-refractivity contribution in [3.05, 3.63) is 70.8 Å². The molecule has 136 valence electrons. The molecule has 0 spiro atoms. The Balaban J connectivity index is 1.95. The summed E-state index contributed by atoms with van der Waals surface area (Å²) in [5.74, 6) is 0.659. The summed E-state index contributed by atoms with van der Waals surface area (Å²) in [7, 11) is -3.79. The van der Waals surface area contributed by atoms with E-state index in [4.69, 9.17) is 21.9 Å². The van der Waals surface area contributed by atoms with Crippen LogP contribution in [0.1, 0.15) is 17.3 Å². The Hall–Kier alpha value is -2.42. The van der Waals surface area contributed by atoms with Gasteiger partial charge in [-0.2, -0.15) is 9.29 Å². The second-order valence-electron chi connectivity index (χ2n) is 5.70. The van der Waals surface area contributed by atoms with Crippen LogP contribution in [0, 0.1) is 6.92 Å². The highest BCUT2D eigenvalue weighted by atomic mass is 35.5. The van der Waals surface area contributed by atoms with E-state index >= 15 is 0 Å². The Kier molecular flexibility index (Phi) is 5.26. The first-order valence-corrected chi connectivity index (χ1v) is 9.56. The smallest absolute Gasteiger partial charge is 0.243 e. The van der Waals surface area contributed by atoms with Crippen molar-refractivity contribution >= 4 is 27.3 Å². The third-order valence-electron chi connectivity index (χ3n) is 3.68. The standard InChI is InChI=1S/C17H17ClN4O3S/c1-12-20-17(21-25-12)11-22(10-13-2-6-15(19)7-3-13)26(23,24)16-8-4-14(18)5-9-16/h2-9H,10-11,19H2,1H3. The quantitative estimate of drug-likeness (QED) is 0.647. The van der Waals surface area contributed by atoms with Gasteiger partial charge in [-0.3, -0.25) is 0 Å². The number of hydrogen-bond acceptors (Lipinski definition) is 6. The fourth-order valence-corrected chi connectivity index (χ4v) is 3.88. The van der Waals surface area contributed by atoms with E-state index in [1.54, 1.807) is 31.2 Å². The lowest BCUT2D eigenvalue weighted by Gasteiger charge is -2.21. The molecular weight excluding hydrogens is 376 g/mol. The van der Waals surface area contributed by atoms with Crippen LogP contribution in [-0.2, 0) is 23.1 Å². The van der Waals surface area contributed by atoms with Crippen LogP contribution >= 0.6 is 11.6 Å². The van der Waals surface area contributed by atoms with Crippen LogP contribution in [0.15, 0.2) is 57.9 Å². The van der Waals surface area contributed by atoms with E-state index in [1.807, 2.05) is 0 Å². The molecule has 3 aromatic rings. The summed E-state index contributed by atoms with van der Waals surface area (Å²) in [6.07, 6.45) is 0. The average molecular weight is 393 g/mol. The summed E-state index contributed by atoms with van der Waals surface area (Å²) in [6, 6.07) is 13.0. The van der Waals surface area contributed by atoms with E-state index in [1.165, 1.54) is 28.6 Å². The van der Waals surface area contributed by atoms with Crippen molar-refractivity contribution in [1.82, 2.24) is 14.4 Å². The van der Waals surface area contributed by atoms with Crippen LogP contribution in [0.2, 0.25) is 5.02 Å². The van der Waals surface area contributed by atoms with E-state index in [0.29, 0.717) is 16.6 Å². The van der Waals surface area contributed by atoms with Crippen LogP contribution in [0.4, 0.5) is 5.69 Å². The molecule has 0 saturated heterocycles. The highest BCUT2D eigenvalue weighted by molar-refractivity contribution is 7.89. The largest absolute Gasteiger partial charge is 0.399 e. The lowest BCUT2D eigenvalue weighted by atomic mass is 10.2. The number of anilines is 1. The molecule has 0 unspecified atom stereocenters. The Morgan fingerprint density at radius 3 is 2.31 bits per heavy atom. The molecule has 0 bridgehead atoms. The molecule has 0 aliphatic carbocycles. The summed E-state index contributed by atoms with van der Waals surface area (Å²) >= 11 is 5.87. The van der Waals surface area contributed by atoms with Gasteiger partial charge < -0.3 is 10.3 Å². The van der Waals surface area contributed by atoms with Crippen molar-refractivity contribution in [2.75, 3.05) is 5.73 Å². The van der Waals surface area contributed by atoms with E-state index < -0.39 is 10.0 Å². The number of sulfonamides is 1. The number of rotatable bonds is 6. The van der Waals surface area contributed by atoms with E-state index in [9.17, 15) is 8.42 Å². The minimum atomic E-state index is -3.79. The van der Waals surface area contributed by atoms with Gasteiger partial charge in [-0.05, 0) is 42.0 Å². The minimum Gasteiger partial charge on any atom is -0.399 e. The predicted octanol–water partition coefficient (Wildman–Crippen LogP) is 3.00. The maximum Gasteiger partial charge on any atom is 0.243 e. The maximum absolute atomic E-state index is 13.1. The first kappa shape index (κ1) is 18.4. The number of aromatic nitrogens is 2. The fraction of sp³-hybridized carbons (Fsp3) is 0.176. The first-order chi connectivity index (χ1) is 12.3. The molecule has 26 heavy (non-hydrogen) atoms. The van der Waals surface area contributed by atoms with Crippen LogP contribution in [-0.4, -0.2) is 22.9 Å². The van der Waals surface area contributed by atoms with Crippen molar-refractivity contribution < 1.29 is 12.9 Å². The van der Waals surface area contributed by atoms with Gasteiger partial charge in [0.15, 0.2) is 5.82 Å². The third-order valence-corrected chi connectivity index (χ3v) is 5.74. The summed E-state index contributed by atoms with van der Waals surface area (Å²) < 4.78 is 32.4. The molecule has 0 radical (unpaired) electrons. The molecule has 0 atom stereocenters. The first-order valence-electron chi connectivity index (χ1n) is 7.74. The second-order valence-corrected chi connectivity index (χ2v) is 8.07. The third kappa shape index (κ3) is 4.21. The molecule has 0 amide bonds. The van der Waals surface area contributed by atoms with Crippen LogP contribution in [0.5, 0.6) is 0 Å². The number of hydrogen-bond donors (Lipinski definition) is 1. The van der Waals surface area contributed by atoms with Crippen molar-refractivity contribution in [2.45, 2.75) is 24.9 Å². The highest BCUT2D eigenvalue weighted by Crippen LogP contribution is 2.22. The fourth-order valence-electron chi connectivity index (χ4n) is 2.37. The van der Waals surface area contributed by atoms with Gasteiger partial charge in [-0.1, -0.05) is 28.9 Å². The Labute approximate surface area is 156 Å². The van der Waals surface area contributed by atoms with Crippen LogP contribution in [0.25, 0.3) is 0 Å². The molecular formula is C17H17ClN4O3S. The normalized spacial score (nSPS) is 11.8. The van der Waals surface area contributed by atoms with E-state index in [-0.39, 0.29) is 23.8 Å². The van der Waals surface area contributed by atoms with Crippen molar-refractivity contribution in [1.29, 1.82) is 0 Å². The number of halogens is 1. The molecule has 0 aliphatic heterocycles. The molecule has 9 heteroatoms. The van der Waals surface area contributed by atoms with Gasteiger partial charge in [0.05, 0.1) is 11.4 Å². The number of nitrogen functional groups attached to an aromatic ring is 1. The van der Waals surface area contributed by atoms with Crippen LogP contribution < -0.4 is 5.73 Å². The molecule has 1 aromatic heterocycles. The minimum absolute atomic E-state index is 0.0212. The topological polar surface area (TPSA) is 102 Å². The molecule has 0 fully saturated rings. The number of benzene rings is 2. The molecule has 7 nitrogen and oxygen atoms in total. The van der Waals surface area contributed by atoms with Gasteiger partial charge in [0.2, 0.25) is 15.9 Å². The zero-order chi connectivity index (χ0) is 18.7. The predicted molar refractivity (Wildman–Crippen MR) is 97.8 cm³/mol. The number of nitrogens with two attached hydrogens (primary N) is 1. The summed E-state index contributed by atoms with van der Waals surface area (Å²) in [5.41, 5.74) is 7.09. The van der Waals surface area contributed by atoms with Gasteiger partial charge in [0.25, 0.3) is 0 Å². The number of aryl methyl sites for hydroxylation is 1. The van der Waals surface area contributed by atoms with Crippen LogP contribution in [0.3, 0.4) is 0 Å².